The zero-order valence-corrected chi connectivity index (χ0v) is 11.4. The summed E-state index contributed by atoms with van der Waals surface area (Å²) in [5.74, 6) is 6.68. The topological polar surface area (TPSA) is 65.7 Å². The van der Waals surface area contributed by atoms with Crippen LogP contribution in [0.15, 0.2) is 4.99 Å². The molecule has 0 radical (unpaired) electrons. The average molecular weight is 241 g/mol. The number of hydrazine groups is 1. The van der Waals surface area contributed by atoms with E-state index in [-0.39, 0.29) is 0 Å². The molecule has 0 unspecified atom stereocenters. The van der Waals surface area contributed by atoms with Crippen molar-refractivity contribution in [3.05, 3.63) is 0 Å². The van der Waals surface area contributed by atoms with Crippen LogP contribution in [0.1, 0.15) is 33.6 Å². The van der Waals surface area contributed by atoms with E-state index < -0.39 is 0 Å². The zero-order chi connectivity index (χ0) is 12.7. The van der Waals surface area contributed by atoms with Crippen LogP contribution >= 0.6 is 0 Å². The largest absolute Gasteiger partial charge is 0.354 e. The molecule has 1 aliphatic rings. The summed E-state index contributed by atoms with van der Waals surface area (Å²) < 4.78 is 0. The van der Waals surface area contributed by atoms with Crippen molar-refractivity contribution >= 4 is 5.96 Å². The molecule has 5 heteroatoms. The van der Waals surface area contributed by atoms with Crippen molar-refractivity contribution in [2.24, 2.45) is 16.8 Å². The molecule has 0 atom stereocenters. The Hall–Kier alpha value is -0.810. The van der Waals surface area contributed by atoms with Crippen LogP contribution in [-0.2, 0) is 0 Å². The second-order valence-corrected chi connectivity index (χ2v) is 5.01. The Bertz CT molecular complexity index is 235. The van der Waals surface area contributed by atoms with Crippen molar-refractivity contribution < 1.29 is 0 Å². The minimum Gasteiger partial charge on any atom is -0.354 e. The van der Waals surface area contributed by atoms with Gasteiger partial charge < -0.3 is 5.32 Å². The van der Waals surface area contributed by atoms with Gasteiger partial charge in [-0.05, 0) is 25.3 Å². The van der Waals surface area contributed by atoms with Crippen molar-refractivity contribution in [3.63, 3.8) is 0 Å². The number of nitrogens with one attached hydrogen (secondary N) is 2. The van der Waals surface area contributed by atoms with E-state index >= 15 is 0 Å². The van der Waals surface area contributed by atoms with Gasteiger partial charge in [-0.3, -0.25) is 15.3 Å². The van der Waals surface area contributed by atoms with Gasteiger partial charge in [-0.1, -0.05) is 20.8 Å². The van der Waals surface area contributed by atoms with Crippen LogP contribution in [0.25, 0.3) is 0 Å². The number of likely N-dealkylation sites (N-methyl/N-ethyl adjacent to an activating group) is 1. The number of aliphatic imine (C=N–C) groups is 1. The molecule has 1 fully saturated rings. The van der Waals surface area contributed by atoms with Crippen LogP contribution in [0.3, 0.4) is 0 Å². The highest BCUT2D eigenvalue weighted by molar-refractivity contribution is 5.79. The number of nitrogens with zero attached hydrogens (tertiary/aromatic N) is 2. The number of guanidine groups is 1. The second kappa shape index (κ2) is 7.50. The summed E-state index contributed by atoms with van der Waals surface area (Å²) in [6, 6.07) is 0.823. The van der Waals surface area contributed by atoms with Gasteiger partial charge in [-0.2, -0.15) is 0 Å². The van der Waals surface area contributed by atoms with E-state index in [9.17, 15) is 0 Å². The predicted molar refractivity (Wildman–Crippen MR) is 72.7 cm³/mol. The normalized spacial score (nSPS) is 16.7. The molecule has 0 spiro atoms. The van der Waals surface area contributed by atoms with Crippen molar-refractivity contribution in [2.45, 2.75) is 39.7 Å². The first-order valence-corrected chi connectivity index (χ1v) is 6.66. The average Bonchev–Trinajstić information content (AvgIpc) is 3.12. The molecule has 1 saturated carbocycles. The summed E-state index contributed by atoms with van der Waals surface area (Å²) >= 11 is 0. The van der Waals surface area contributed by atoms with Crippen LogP contribution in [-0.4, -0.2) is 43.1 Å². The van der Waals surface area contributed by atoms with E-state index in [0.717, 1.165) is 32.2 Å². The lowest BCUT2D eigenvalue weighted by molar-refractivity contribution is 0.282. The molecule has 17 heavy (non-hydrogen) atoms. The van der Waals surface area contributed by atoms with E-state index in [4.69, 9.17) is 5.84 Å². The fourth-order valence-electron chi connectivity index (χ4n) is 1.78. The molecule has 5 nitrogen and oxygen atoms in total. The molecule has 0 aromatic rings. The van der Waals surface area contributed by atoms with Crippen molar-refractivity contribution in [1.82, 2.24) is 15.6 Å². The smallest absolute Gasteiger partial charge is 0.205 e. The van der Waals surface area contributed by atoms with Crippen LogP contribution < -0.4 is 16.6 Å². The summed E-state index contributed by atoms with van der Waals surface area (Å²) in [4.78, 5) is 6.88. The van der Waals surface area contributed by atoms with Crippen LogP contribution in [0.2, 0.25) is 0 Å². The summed E-state index contributed by atoms with van der Waals surface area (Å²) in [5, 5.41) is 3.24. The molecule has 0 aliphatic heterocycles. The van der Waals surface area contributed by atoms with Gasteiger partial charge in [0.15, 0.2) is 0 Å². The Morgan fingerprint density at radius 2 is 2.18 bits per heavy atom. The third-order valence-electron chi connectivity index (χ3n) is 2.91. The SMILES string of the molecule is CCN(CCNC(=NCC(C)C)NN)C1CC1. The maximum atomic E-state index is 5.42. The first-order valence-electron chi connectivity index (χ1n) is 6.66. The third kappa shape index (κ3) is 5.89. The lowest BCUT2D eigenvalue weighted by Gasteiger charge is -2.20. The van der Waals surface area contributed by atoms with Gasteiger partial charge in [-0.15, -0.1) is 0 Å². The number of rotatable bonds is 7. The Kier molecular flexibility index (Phi) is 6.29. The summed E-state index contributed by atoms with van der Waals surface area (Å²) in [6.45, 7) is 10.4. The van der Waals surface area contributed by atoms with Gasteiger partial charge in [0.05, 0.1) is 0 Å². The monoisotopic (exact) mass is 241 g/mol. The standard InChI is InChI=1S/C12H27N5/c1-4-17(11-5-6-11)8-7-14-12(16-13)15-9-10(2)3/h10-11H,4-9,13H2,1-3H3,(H2,14,15,16). The lowest BCUT2D eigenvalue weighted by Crippen LogP contribution is -2.45. The summed E-state index contributed by atoms with van der Waals surface area (Å²) in [5.41, 5.74) is 2.61. The van der Waals surface area contributed by atoms with Crippen LogP contribution in [0.4, 0.5) is 0 Å². The number of nitrogens with two attached hydrogens (primary N) is 1. The van der Waals surface area contributed by atoms with Gasteiger partial charge in [0.1, 0.15) is 0 Å². The van der Waals surface area contributed by atoms with Crippen LogP contribution in [0, 0.1) is 5.92 Å². The van der Waals surface area contributed by atoms with E-state index in [1.165, 1.54) is 12.8 Å². The quantitative estimate of drug-likeness (QED) is 0.263. The zero-order valence-electron chi connectivity index (χ0n) is 11.4. The minimum atomic E-state index is 0.554. The van der Waals surface area contributed by atoms with E-state index in [2.05, 4.69) is 41.4 Å². The van der Waals surface area contributed by atoms with Crippen LogP contribution in [0.5, 0.6) is 0 Å². The minimum absolute atomic E-state index is 0.554. The predicted octanol–water partition coefficient (Wildman–Crippen LogP) is 0.536. The highest BCUT2D eigenvalue weighted by atomic mass is 15.3. The fraction of sp³-hybridized carbons (Fsp3) is 0.917. The Morgan fingerprint density at radius 3 is 2.65 bits per heavy atom. The summed E-state index contributed by atoms with van der Waals surface area (Å²) in [7, 11) is 0. The number of hydrogen-bond acceptors (Lipinski definition) is 3. The first kappa shape index (κ1) is 14.3. The highest BCUT2D eigenvalue weighted by Gasteiger charge is 2.27. The molecule has 4 N–H and O–H groups in total. The van der Waals surface area contributed by atoms with Crippen molar-refractivity contribution in [3.8, 4) is 0 Å². The summed E-state index contributed by atoms with van der Waals surface area (Å²) in [6.07, 6.45) is 2.72. The lowest BCUT2D eigenvalue weighted by atomic mass is 10.2. The van der Waals surface area contributed by atoms with Gasteiger partial charge in [0.25, 0.3) is 0 Å². The van der Waals surface area contributed by atoms with Crippen molar-refractivity contribution in [1.29, 1.82) is 0 Å². The molecule has 100 valence electrons. The fourth-order valence-corrected chi connectivity index (χ4v) is 1.78. The highest BCUT2D eigenvalue weighted by Crippen LogP contribution is 2.25. The molecule has 0 bridgehead atoms. The maximum Gasteiger partial charge on any atom is 0.205 e. The molecule has 1 rings (SSSR count). The first-order chi connectivity index (χ1) is 8.17. The Balaban J connectivity index is 2.20. The Labute approximate surface area is 105 Å². The molecule has 0 saturated heterocycles. The van der Waals surface area contributed by atoms with E-state index in [1.807, 2.05) is 0 Å². The van der Waals surface area contributed by atoms with Gasteiger partial charge in [0, 0.05) is 25.7 Å². The molecular weight excluding hydrogens is 214 g/mol. The maximum absolute atomic E-state index is 5.42. The van der Waals surface area contributed by atoms with Gasteiger partial charge >= 0.3 is 0 Å². The third-order valence-corrected chi connectivity index (χ3v) is 2.91. The number of hydrogen-bond donors (Lipinski definition) is 3. The molecule has 0 heterocycles. The molecule has 1 aliphatic carbocycles. The van der Waals surface area contributed by atoms with E-state index in [1.54, 1.807) is 0 Å². The molecule has 0 amide bonds. The van der Waals surface area contributed by atoms with Crippen molar-refractivity contribution in [2.75, 3.05) is 26.2 Å². The van der Waals surface area contributed by atoms with Gasteiger partial charge in [-0.25, -0.2) is 5.84 Å². The van der Waals surface area contributed by atoms with E-state index in [0.29, 0.717) is 11.9 Å². The molecule has 0 aromatic carbocycles. The molecular formula is C12H27N5. The second-order valence-electron chi connectivity index (χ2n) is 5.01. The molecule has 0 aromatic heterocycles. The Morgan fingerprint density at radius 1 is 1.47 bits per heavy atom. The van der Waals surface area contributed by atoms with Gasteiger partial charge in [0.2, 0.25) is 5.96 Å².